The molecule has 0 saturated carbocycles. The van der Waals surface area contributed by atoms with E-state index in [0.717, 1.165) is 29.0 Å². The number of aryl methyl sites for hydroxylation is 1. The van der Waals surface area contributed by atoms with Crippen LogP contribution in [0.3, 0.4) is 0 Å². The van der Waals surface area contributed by atoms with E-state index in [-0.39, 0.29) is 6.61 Å². The van der Waals surface area contributed by atoms with E-state index in [1.807, 2.05) is 12.1 Å². The maximum absolute atomic E-state index is 11.6. The molecule has 0 fully saturated rings. The fraction of sp³-hybridized carbons (Fsp3) is 0.438. The van der Waals surface area contributed by atoms with Crippen molar-refractivity contribution in [2.24, 2.45) is 0 Å². The Bertz CT molecular complexity index is 652. The van der Waals surface area contributed by atoms with E-state index in [1.54, 1.807) is 7.11 Å². The molecule has 1 N–H and O–H groups in total. The number of methoxy groups -OCH3 is 1. The van der Waals surface area contributed by atoms with Crippen molar-refractivity contribution in [3.63, 3.8) is 0 Å². The molecule has 5 heteroatoms. The molecule has 0 aliphatic heterocycles. The van der Waals surface area contributed by atoms with Crippen LogP contribution in [0, 0.1) is 0 Å². The number of benzene rings is 1. The number of aldehydes is 1. The average molecular weight is 306 g/mol. The summed E-state index contributed by atoms with van der Waals surface area (Å²) in [5.74, 6) is 0.646. The van der Waals surface area contributed by atoms with E-state index in [0.29, 0.717) is 23.3 Å². The molecule has 114 valence electrons. The highest BCUT2D eigenvalue weighted by Crippen LogP contribution is 2.31. The Hall–Kier alpha value is -1.59. The monoisotopic (exact) mass is 306 g/mol. The van der Waals surface area contributed by atoms with Crippen LogP contribution in [0.25, 0.3) is 11.0 Å². The SMILES string of the molecule is COc1cc(CCCO)cc2c(C=O)c([Si](C)(C)C)oc12. The third-order valence-electron chi connectivity index (χ3n) is 3.50. The summed E-state index contributed by atoms with van der Waals surface area (Å²) in [5, 5.41) is 10.6. The minimum atomic E-state index is -1.75. The van der Waals surface area contributed by atoms with E-state index in [4.69, 9.17) is 14.3 Å². The van der Waals surface area contributed by atoms with E-state index in [1.165, 1.54) is 0 Å². The van der Waals surface area contributed by atoms with Crippen molar-refractivity contribution < 1.29 is 19.1 Å². The van der Waals surface area contributed by atoms with E-state index < -0.39 is 8.07 Å². The maximum atomic E-state index is 11.6. The number of carbonyl (C=O) groups excluding carboxylic acids is 1. The third kappa shape index (κ3) is 3.03. The van der Waals surface area contributed by atoms with Crippen LogP contribution in [-0.4, -0.2) is 33.2 Å². The first-order chi connectivity index (χ1) is 9.92. The van der Waals surface area contributed by atoms with Crippen molar-refractivity contribution in [3.8, 4) is 5.75 Å². The van der Waals surface area contributed by atoms with E-state index >= 15 is 0 Å². The number of aliphatic hydroxyl groups excluding tert-OH is 1. The van der Waals surface area contributed by atoms with Crippen molar-refractivity contribution in [1.29, 1.82) is 0 Å². The van der Waals surface area contributed by atoms with Crippen LogP contribution >= 0.6 is 0 Å². The van der Waals surface area contributed by atoms with Crippen LogP contribution in [0.4, 0.5) is 0 Å². The molecule has 21 heavy (non-hydrogen) atoms. The van der Waals surface area contributed by atoms with Gasteiger partial charge in [0.1, 0.15) is 8.07 Å². The number of furan rings is 1. The highest BCUT2D eigenvalue weighted by atomic mass is 28.3. The zero-order chi connectivity index (χ0) is 15.6. The smallest absolute Gasteiger partial charge is 0.176 e. The Morgan fingerprint density at radius 1 is 1.33 bits per heavy atom. The average Bonchev–Trinajstić information content (AvgIpc) is 2.82. The van der Waals surface area contributed by atoms with Crippen molar-refractivity contribution in [2.45, 2.75) is 32.5 Å². The van der Waals surface area contributed by atoms with E-state index in [9.17, 15) is 4.79 Å². The molecule has 0 bridgehead atoms. The number of hydrogen-bond acceptors (Lipinski definition) is 4. The van der Waals surface area contributed by atoms with E-state index in [2.05, 4.69) is 19.6 Å². The summed E-state index contributed by atoms with van der Waals surface area (Å²) in [4.78, 5) is 11.6. The van der Waals surface area contributed by atoms with Gasteiger partial charge in [-0.1, -0.05) is 19.6 Å². The lowest BCUT2D eigenvalue weighted by atomic mass is 10.1. The third-order valence-corrected chi connectivity index (χ3v) is 5.23. The minimum Gasteiger partial charge on any atom is -0.493 e. The molecular formula is C16H22O4Si. The summed E-state index contributed by atoms with van der Waals surface area (Å²) in [6.07, 6.45) is 2.31. The number of carbonyl (C=O) groups is 1. The Balaban J connectivity index is 2.69. The largest absolute Gasteiger partial charge is 0.493 e. The molecule has 0 aliphatic carbocycles. The Labute approximate surface area is 125 Å². The van der Waals surface area contributed by atoms with Gasteiger partial charge in [-0.2, -0.15) is 0 Å². The van der Waals surface area contributed by atoms with Gasteiger partial charge in [0.25, 0.3) is 0 Å². The van der Waals surface area contributed by atoms with Gasteiger partial charge in [0.15, 0.2) is 17.6 Å². The molecular weight excluding hydrogens is 284 g/mol. The molecule has 0 aliphatic rings. The molecule has 1 heterocycles. The molecule has 0 saturated heterocycles. The summed E-state index contributed by atoms with van der Waals surface area (Å²) < 4.78 is 11.4. The van der Waals surface area contributed by atoms with Crippen LogP contribution in [0.5, 0.6) is 5.75 Å². The Kier molecular flexibility index (Phi) is 4.54. The van der Waals surface area contributed by atoms with Gasteiger partial charge in [0, 0.05) is 12.0 Å². The first-order valence-corrected chi connectivity index (χ1v) is 10.6. The van der Waals surface area contributed by atoms with Crippen molar-refractivity contribution >= 4 is 30.7 Å². The summed E-state index contributed by atoms with van der Waals surface area (Å²) in [6.45, 7) is 6.59. The standard InChI is InChI=1S/C16H22O4Si/c1-19-14-9-11(6-5-7-17)8-12-13(10-18)16(20-15(12)14)21(2,3)4/h8-10,17H,5-7H2,1-4H3. The summed E-state index contributed by atoms with van der Waals surface area (Å²) >= 11 is 0. The topological polar surface area (TPSA) is 59.7 Å². The lowest BCUT2D eigenvalue weighted by Crippen LogP contribution is -2.38. The molecule has 0 radical (unpaired) electrons. The molecule has 1 aromatic heterocycles. The number of fused-ring (bicyclic) bond motifs is 1. The quantitative estimate of drug-likeness (QED) is 0.658. The molecule has 0 spiro atoms. The second-order valence-corrected chi connectivity index (χ2v) is 11.2. The molecule has 4 nitrogen and oxygen atoms in total. The predicted molar refractivity (Wildman–Crippen MR) is 86.5 cm³/mol. The maximum Gasteiger partial charge on any atom is 0.176 e. The van der Waals surface area contributed by atoms with Crippen molar-refractivity contribution in [3.05, 3.63) is 23.3 Å². The molecule has 0 atom stereocenters. The van der Waals surface area contributed by atoms with Gasteiger partial charge in [0.2, 0.25) is 0 Å². The highest BCUT2D eigenvalue weighted by molar-refractivity contribution is 6.88. The number of aliphatic hydroxyl groups is 1. The van der Waals surface area contributed by atoms with Gasteiger partial charge >= 0.3 is 0 Å². The summed E-state index contributed by atoms with van der Waals surface area (Å²) in [6, 6.07) is 3.90. The van der Waals surface area contributed by atoms with Crippen LogP contribution in [0.2, 0.25) is 19.6 Å². The van der Waals surface area contributed by atoms with Gasteiger partial charge in [-0.05, 0) is 30.5 Å². The summed E-state index contributed by atoms with van der Waals surface area (Å²) in [7, 11) is -0.155. The molecule has 2 aromatic rings. The number of hydrogen-bond donors (Lipinski definition) is 1. The lowest BCUT2D eigenvalue weighted by molar-refractivity contribution is 0.112. The second-order valence-electron chi connectivity index (χ2n) is 6.21. The van der Waals surface area contributed by atoms with Crippen molar-refractivity contribution in [1.82, 2.24) is 0 Å². The first-order valence-electron chi connectivity index (χ1n) is 7.12. The Morgan fingerprint density at radius 3 is 2.57 bits per heavy atom. The lowest BCUT2D eigenvalue weighted by Gasteiger charge is -2.12. The number of ether oxygens (including phenoxy) is 1. The second kappa shape index (κ2) is 6.03. The molecule has 0 amide bonds. The Morgan fingerprint density at radius 2 is 2.05 bits per heavy atom. The van der Waals surface area contributed by atoms with Crippen LogP contribution in [-0.2, 0) is 6.42 Å². The van der Waals surface area contributed by atoms with Crippen LogP contribution < -0.4 is 10.1 Å². The fourth-order valence-corrected chi connectivity index (χ4v) is 3.91. The normalized spacial score (nSPS) is 11.9. The number of rotatable bonds is 6. The fourth-order valence-electron chi connectivity index (χ4n) is 2.50. The minimum absolute atomic E-state index is 0.145. The highest BCUT2D eigenvalue weighted by Gasteiger charge is 2.28. The molecule has 2 rings (SSSR count). The zero-order valence-electron chi connectivity index (χ0n) is 13.0. The predicted octanol–water partition coefficient (Wildman–Crippen LogP) is 2.72. The van der Waals surface area contributed by atoms with Gasteiger partial charge in [0.05, 0.1) is 18.1 Å². The molecule has 1 aromatic carbocycles. The van der Waals surface area contributed by atoms with Gasteiger partial charge < -0.3 is 14.3 Å². The zero-order valence-corrected chi connectivity index (χ0v) is 14.0. The van der Waals surface area contributed by atoms with Crippen LogP contribution in [0.15, 0.2) is 16.5 Å². The summed E-state index contributed by atoms with van der Waals surface area (Å²) in [5.41, 5.74) is 2.33. The van der Waals surface area contributed by atoms with Gasteiger partial charge in [-0.25, -0.2) is 0 Å². The van der Waals surface area contributed by atoms with Gasteiger partial charge in [-0.15, -0.1) is 0 Å². The van der Waals surface area contributed by atoms with Gasteiger partial charge in [-0.3, -0.25) is 4.79 Å². The molecule has 0 unspecified atom stereocenters. The van der Waals surface area contributed by atoms with Crippen LogP contribution in [0.1, 0.15) is 22.3 Å². The van der Waals surface area contributed by atoms with Crippen molar-refractivity contribution in [2.75, 3.05) is 13.7 Å². The first kappa shape index (κ1) is 15.8.